The largest absolute Gasteiger partial charge is 0.475 e. The van der Waals surface area contributed by atoms with Crippen molar-refractivity contribution < 1.29 is 18.7 Å². The molecule has 0 amide bonds. The highest BCUT2D eigenvalue weighted by Gasteiger charge is 2.19. The smallest absolute Gasteiger partial charge is 0.372 e. The van der Waals surface area contributed by atoms with Crippen LogP contribution in [0.5, 0.6) is 0 Å². The molecule has 0 spiro atoms. The van der Waals surface area contributed by atoms with Crippen LogP contribution >= 0.6 is 11.6 Å². The minimum Gasteiger partial charge on any atom is -0.475 e. The number of hydrogen-bond acceptors (Lipinski definition) is 6. The Bertz CT molecular complexity index is 1060. The number of nitrogens with one attached hydrogen (secondary N) is 1. The topological polar surface area (TPSA) is 106 Å². The fraction of sp³-hybridized carbons (Fsp3) is 0.316. The van der Waals surface area contributed by atoms with Crippen molar-refractivity contribution in [2.24, 2.45) is 0 Å². The van der Waals surface area contributed by atoms with Crippen LogP contribution < -0.4 is 5.32 Å². The van der Waals surface area contributed by atoms with E-state index in [4.69, 9.17) is 11.6 Å². The van der Waals surface area contributed by atoms with Crippen LogP contribution in [0.4, 0.5) is 8.78 Å². The Morgan fingerprint density at radius 3 is 2.77 bits per heavy atom. The van der Waals surface area contributed by atoms with Crippen molar-refractivity contribution in [3.63, 3.8) is 0 Å². The molecule has 11 heteroatoms. The van der Waals surface area contributed by atoms with Crippen LogP contribution in [0.3, 0.4) is 0 Å². The van der Waals surface area contributed by atoms with E-state index in [2.05, 4.69) is 25.3 Å². The van der Waals surface area contributed by atoms with E-state index in [0.717, 1.165) is 0 Å². The number of hydrogen-bond donors (Lipinski definition) is 2. The van der Waals surface area contributed by atoms with Crippen LogP contribution in [-0.2, 0) is 13.1 Å². The Morgan fingerprint density at radius 2 is 2.07 bits per heavy atom. The predicted octanol–water partition coefficient (Wildman–Crippen LogP) is 3.51. The minimum atomic E-state index is -2.64. The second-order valence-corrected chi connectivity index (χ2v) is 7.05. The standard InChI is InChI=1S/C19H19ClF2N6O2/c1-10-6-24-19(20)27-15(10)14-9-28(17(26-14)18(29)30)8-11(2)23-7-12-4-3-5-13(25-12)16(21)22/h3-6,9,11,16,23H,7-8H2,1-2H3,(H,29,30). The highest BCUT2D eigenvalue weighted by Crippen LogP contribution is 2.22. The number of imidazole rings is 1. The Hall–Kier alpha value is -2.98. The summed E-state index contributed by atoms with van der Waals surface area (Å²) in [6.07, 6.45) is 0.487. The summed E-state index contributed by atoms with van der Waals surface area (Å²) in [4.78, 5) is 27.7. The molecule has 0 fully saturated rings. The summed E-state index contributed by atoms with van der Waals surface area (Å²) >= 11 is 5.85. The van der Waals surface area contributed by atoms with Crippen LogP contribution in [-0.4, -0.2) is 41.6 Å². The van der Waals surface area contributed by atoms with Gasteiger partial charge in [0.25, 0.3) is 6.43 Å². The van der Waals surface area contributed by atoms with E-state index >= 15 is 0 Å². The first-order valence-corrected chi connectivity index (χ1v) is 9.39. The first kappa shape index (κ1) is 21.7. The van der Waals surface area contributed by atoms with Gasteiger partial charge in [-0.15, -0.1) is 0 Å². The van der Waals surface area contributed by atoms with Gasteiger partial charge in [0.1, 0.15) is 11.4 Å². The molecular formula is C19H19ClF2N6O2. The summed E-state index contributed by atoms with van der Waals surface area (Å²) in [6.45, 7) is 4.15. The van der Waals surface area contributed by atoms with E-state index in [0.29, 0.717) is 22.6 Å². The fourth-order valence-corrected chi connectivity index (χ4v) is 3.01. The van der Waals surface area contributed by atoms with Crippen molar-refractivity contribution >= 4 is 17.6 Å². The van der Waals surface area contributed by atoms with Gasteiger partial charge in [0.05, 0.1) is 11.4 Å². The van der Waals surface area contributed by atoms with E-state index in [1.807, 2.05) is 6.92 Å². The lowest BCUT2D eigenvalue weighted by Gasteiger charge is -2.15. The highest BCUT2D eigenvalue weighted by atomic mass is 35.5. The van der Waals surface area contributed by atoms with Crippen LogP contribution in [0.2, 0.25) is 5.28 Å². The molecule has 0 aliphatic rings. The predicted molar refractivity (Wildman–Crippen MR) is 105 cm³/mol. The van der Waals surface area contributed by atoms with Gasteiger partial charge in [-0.05, 0) is 43.1 Å². The number of nitrogens with zero attached hydrogens (tertiary/aromatic N) is 5. The Balaban J connectivity index is 1.75. The van der Waals surface area contributed by atoms with E-state index in [1.54, 1.807) is 19.2 Å². The van der Waals surface area contributed by atoms with Gasteiger partial charge in [0.15, 0.2) is 0 Å². The third-order valence-corrected chi connectivity index (χ3v) is 4.49. The van der Waals surface area contributed by atoms with E-state index in [9.17, 15) is 18.7 Å². The van der Waals surface area contributed by atoms with Crippen LogP contribution in [0.1, 0.15) is 40.9 Å². The zero-order chi connectivity index (χ0) is 21.8. The van der Waals surface area contributed by atoms with E-state index < -0.39 is 12.4 Å². The summed E-state index contributed by atoms with van der Waals surface area (Å²) in [5.74, 6) is -1.33. The molecule has 0 saturated heterocycles. The van der Waals surface area contributed by atoms with Crippen molar-refractivity contribution in [3.8, 4) is 11.4 Å². The molecule has 30 heavy (non-hydrogen) atoms. The van der Waals surface area contributed by atoms with Crippen molar-refractivity contribution in [1.82, 2.24) is 29.8 Å². The first-order chi connectivity index (χ1) is 14.2. The number of carbonyl (C=O) groups is 1. The molecule has 0 aliphatic carbocycles. The number of pyridine rings is 1. The molecule has 3 heterocycles. The molecule has 8 nitrogen and oxygen atoms in total. The Kier molecular flexibility index (Phi) is 6.68. The number of aromatic nitrogens is 5. The first-order valence-electron chi connectivity index (χ1n) is 9.02. The zero-order valence-corrected chi connectivity index (χ0v) is 16.9. The summed E-state index contributed by atoms with van der Waals surface area (Å²) in [7, 11) is 0. The van der Waals surface area contributed by atoms with Crippen LogP contribution in [0, 0.1) is 6.92 Å². The van der Waals surface area contributed by atoms with Gasteiger partial charge in [0, 0.05) is 31.5 Å². The maximum absolute atomic E-state index is 12.8. The zero-order valence-electron chi connectivity index (χ0n) is 16.2. The quantitative estimate of drug-likeness (QED) is 0.520. The molecular weight excluding hydrogens is 418 g/mol. The fourth-order valence-electron chi connectivity index (χ4n) is 2.88. The van der Waals surface area contributed by atoms with Gasteiger partial charge < -0.3 is 15.0 Å². The Morgan fingerprint density at radius 1 is 1.30 bits per heavy atom. The maximum atomic E-state index is 12.8. The minimum absolute atomic E-state index is 0.0376. The van der Waals surface area contributed by atoms with Crippen molar-refractivity contribution in [2.75, 3.05) is 0 Å². The van der Waals surface area contributed by atoms with Gasteiger partial charge in [-0.25, -0.2) is 28.5 Å². The number of rotatable bonds is 8. The molecule has 3 rings (SSSR count). The number of alkyl halides is 2. The van der Waals surface area contributed by atoms with Gasteiger partial charge in [-0.2, -0.15) is 0 Å². The molecule has 0 aliphatic heterocycles. The lowest BCUT2D eigenvalue weighted by molar-refractivity contribution is 0.0677. The number of carboxylic acids is 1. The van der Waals surface area contributed by atoms with Gasteiger partial charge in [0.2, 0.25) is 11.1 Å². The Labute approximate surface area is 176 Å². The lowest BCUT2D eigenvalue weighted by atomic mass is 10.2. The normalized spacial score (nSPS) is 12.3. The molecule has 158 valence electrons. The number of carboxylic acid groups (broad SMARTS) is 1. The third-order valence-electron chi connectivity index (χ3n) is 4.31. The molecule has 3 aromatic heterocycles. The SMILES string of the molecule is Cc1cnc(Cl)nc1-c1cn(CC(C)NCc2cccc(C(F)F)n2)c(C(=O)O)n1. The third kappa shape index (κ3) is 5.14. The van der Waals surface area contributed by atoms with Gasteiger partial charge in [-0.3, -0.25) is 4.98 Å². The second kappa shape index (κ2) is 9.23. The summed E-state index contributed by atoms with van der Waals surface area (Å²) in [6, 6.07) is 4.24. The summed E-state index contributed by atoms with van der Waals surface area (Å²) in [5.41, 5.74) is 1.71. The second-order valence-electron chi connectivity index (χ2n) is 6.71. The number of aromatic carboxylic acids is 1. The van der Waals surface area contributed by atoms with Crippen LogP contribution in [0.25, 0.3) is 11.4 Å². The molecule has 0 bridgehead atoms. The molecule has 0 aromatic carbocycles. The summed E-state index contributed by atoms with van der Waals surface area (Å²) < 4.78 is 27.1. The van der Waals surface area contributed by atoms with Crippen LogP contribution in [0.15, 0.2) is 30.6 Å². The highest BCUT2D eigenvalue weighted by molar-refractivity contribution is 6.28. The van der Waals surface area contributed by atoms with Crippen molar-refractivity contribution in [2.45, 2.75) is 39.4 Å². The van der Waals surface area contributed by atoms with Gasteiger partial charge >= 0.3 is 5.97 Å². The number of halogens is 3. The molecule has 3 aromatic rings. The van der Waals surface area contributed by atoms with Crippen molar-refractivity contribution in [3.05, 3.63) is 58.7 Å². The van der Waals surface area contributed by atoms with Crippen molar-refractivity contribution in [1.29, 1.82) is 0 Å². The number of aryl methyl sites for hydroxylation is 1. The molecule has 0 saturated carbocycles. The molecule has 1 atom stereocenters. The van der Waals surface area contributed by atoms with E-state index in [-0.39, 0.29) is 35.9 Å². The average Bonchev–Trinajstić information content (AvgIpc) is 3.12. The molecule has 0 radical (unpaired) electrons. The maximum Gasteiger partial charge on any atom is 0.372 e. The van der Waals surface area contributed by atoms with E-state index in [1.165, 1.54) is 22.9 Å². The summed E-state index contributed by atoms with van der Waals surface area (Å²) in [5, 5.41) is 12.7. The molecule has 2 N–H and O–H groups in total. The monoisotopic (exact) mass is 436 g/mol. The average molecular weight is 437 g/mol. The molecule has 1 unspecified atom stereocenters. The van der Waals surface area contributed by atoms with Gasteiger partial charge in [-0.1, -0.05) is 6.07 Å². The lowest BCUT2D eigenvalue weighted by Crippen LogP contribution is -2.31.